The van der Waals surface area contributed by atoms with Gasteiger partial charge in [0.15, 0.2) is 0 Å². The Morgan fingerprint density at radius 1 is 1.75 bits per heavy atom. The molecule has 3 heteroatoms. The molecule has 0 N–H and O–H groups in total. The van der Waals surface area contributed by atoms with Crippen molar-refractivity contribution < 1.29 is 9.53 Å². The number of carbonyl (C=O) groups excluding carboxylic acids is 1. The molecule has 0 aliphatic heterocycles. The molecule has 0 radical (unpaired) electrons. The minimum absolute atomic E-state index is 0.186. The van der Waals surface area contributed by atoms with E-state index in [0.717, 1.165) is 0 Å². The highest BCUT2D eigenvalue weighted by Gasteiger charge is 2.10. The molecule has 0 spiro atoms. The fraction of sp³-hybridized carbons (Fsp3) is 0.667. The van der Waals surface area contributed by atoms with Crippen molar-refractivity contribution in [3.63, 3.8) is 0 Å². The van der Waals surface area contributed by atoms with Crippen molar-refractivity contribution >= 4 is 5.97 Å². The lowest BCUT2D eigenvalue weighted by Gasteiger charge is -2.19. The van der Waals surface area contributed by atoms with Gasteiger partial charge in [0.2, 0.25) is 0 Å². The smallest absolute Gasteiger partial charge is 0.320 e. The number of hydrogen-bond acceptors (Lipinski definition) is 3. The summed E-state index contributed by atoms with van der Waals surface area (Å²) in [6, 6.07) is 0.203. The Labute approximate surface area is 74.0 Å². The van der Waals surface area contributed by atoms with E-state index in [1.807, 2.05) is 18.9 Å². The monoisotopic (exact) mass is 171 g/mol. The zero-order valence-corrected chi connectivity index (χ0v) is 8.04. The predicted octanol–water partition coefficient (Wildman–Crippen LogP) is 1.06. The van der Waals surface area contributed by atoms with Crippen molar-refractivity contribution in [1.29, 1.82) is 0 Å². The zero-order chi connectivity index (χ0) is 9.56. The van der Waals surface area contributed by atoms with E-state index in [4.69, 9.17) is 4.74 Å². The molecule has 0 heterocycles. The van der Waals surface area contributed by atoms with Gasteiger partial charge in [-0.3, -0.25) is 9.69 Å². The van der Waals surface area contributed by atoms with Crippen LogP contribution in [0.5, 0.6) is 0 Å². The van der Waals surface area contributed by atoms with Crippen molar-refractivity contribution in [3.05, 3.63) is 12.7 Å². The van der Waals surface area contributed by atoms with Gasteiger partial charge in [-0.05, 0) is 20.9 Å². The third-order valence-corrected chi connectivity index (χ3v) is 1.72. The number of esters is 1. The summed E-state index contributed by atoms with van der Waals surface area (Å²) in [7, 11) is 1.86. The summed E-state index contributed by atoms with van der Waals surface area (Å²) in [5.41, 5.74) is 0. The van der Waals surface area contributed by atoms with Gasteiger partial charge in [0.25, 0.3) is 0 Å². The highest BCUT2D eigenvalue weighted by atomic mass is 16.5. The maximum absolute atomic E-state index is 11.0. The molecule has 0 aliphatic rings. The number of carbonyl (C=O) groups is 1. The summed E-state index contributed by atoms with van der Waals surface area (Å²) in [4.78, 5) is 12.9. The number of rotatable bonds is 5. The Morgan fingerprint density at radius 3 is 2.75 bits per heavy atom. The van der Waals surface area contributed by atoms with Crippen LogP contribution in [0.15, 0.2) is 12.7 Å². The molecule has 1 atom stereocenters. The first-order valence-electron chi connectivity index (χ1n) is 4.10. The number of likely N-dealkylation sites (N-methyl/N-ethyl adjacent to an activating group) is 1. The SMILES string of the molecule is C=CC(C)N(C)CC(=O)OCC. The zero-order valence-electron chi connectivity index (χ0n) is 8.04. The summed E-state index contributed by atoms with van der Waals surface area (Å²) in [6.07, 6.45) is 1.79. The molecule has 70 valence electrons. The Balaban J connectivity index is 3.74. The Hall–Kier alpha value is -0.830. The number of ether oxygens (including phenoxy) is 1. The summed E-state index contributed by atoms with van der Waals surface area (Å²) in [5, 5.41) is 0. The Bertz CT molecular complexity index is 157. The van der Waals surface area contributed by atoms with Crippen LogP contribution in [-0.2, 0) is 9.53 Å². The van der Waals surface area contributed by atoms with Crippen LogP contribution in [0.1, 0.15) is 13.8 Å². The molecule has 0 bridgehead atoms. The average molecular weight is 171 g/mol. The van der Waals surface area contributed by atoms with Gasteiger partial charge >= 0.3 is 5.97 Å². The first-order chi connectivity index (χ1) is 5.61. The van der Waals surface area contributed by atoms with Crippen molar-refractivity contribution in [2.24, 2.45) is 0 Å². The second-order valence-electron chi connectivity index (χ2n) is 2.70. The molecule has 0 amide bonds. The second-order valence-corrected chi connectivity index (χ2v) is 2.70. The van der Waals surface area contributed by atoms with Crippen LogP contribution in [0.25, 0.3) is 0 Å². The lowest BCUT2D eigenvalue weighted by Crippen LogP contribution is -2.33. The highest BCUT2D eigenvalue weighted by molar-refractivity contribution is 5.71. The van der Waals surface area contributed by atoms with Crippen LogP contribution in [0.4, 0.5) is 0 Å². The maximum Gasteiger partial charge on any atom is 0.320 e. The maximum atomic E-state index is 11.0. The van der Waals surface area contributed by atoms with Crippen LogP contribution in [0.2, 0.25) is 0 Å². The predicted molar refractivity (Wildman–Crippen MR) is 48.9 cm³/mol. The molecule has 0 aromatic heterocycles. The fourth-order valence-electron chi connectivity index (χ4n) is 0.734. The molecule has 0 aromatic rings. The first kappa shape index (κ1) is 11.2. The Morgan fingerprint density at radius 2 is 2.33 bits per heavy atom. The summed E-state index contributed by atoms with van der Waals surface area (Å²) in [6.45, 7) is 8.18. The van der Waals surface area contributed by atoms with Crippen LogP contribution in [-0.4, -0.2) is 37.1 Å². The molecular weight excluding hydrogens is 154 g/mol. The van der Waals surface area contributed by atoms with Gasteiger partial charge in [-0.1, -0.05) is 6.08 Å². The summed E-state index contributed by atoms with van der Waals surface area (Å²) < 4.78 is 4.79. The van der Waals surface area contributed by atoms with Crippen molar-refractivity contribution in [3.8, 4) is 0 Å². The fourth-order valence-corrected chi connectivity index (χ4v) is 0.734. The van der Waals surface area contributed by atoms with Crippen LogP contribution in [0.3, 0.4) is 0 Å². The topological polar surface area (TPSA) is 29.5 Å². The van der Waals surface area contributed by atoms with E-state index in [0.29, 0.717) is 13.2 Å². The minimum atomic E-state index is -0.186. The van der Waals surface area contributed by atoms with E-state index in [9.17, 15) is 4.79 Å². The molecule has 0 aromatic carbocycles. The van der Waals surface area contributed by atoms with E-state index >= 15 is 0 Å². The van der Waals surface area contributed by atoms with Crippen LogP contribution < -0.4 is 0 Å². The molecular formula is C9H17NO2. The van der Waals surface area contributed by atoms with Gasteiger partial charge in [0.05, 0.1) is 13.2 Å². The van der Waals surface area contributed by atoms with Crippen molar-refractivity contribution in [2.75, 3.05) is 20.2 Å². The van der Waals surface area contributed by atoms with E-state index in [1.54, 1.807) is 13.0 Å². The van der Waals surface area contributed by atoms with Gasteiger partial charge in [-0.15, -0.1) is 6.58 Å². The van der Waals surface area contributed by atoms with Crippen LogP contribution in [0, 0.1) is 0 Å². The van der Waals surface area contributed by atoms with Gasteiger partial charge in [-0.25, -0.2) is 0 Å². The van der Waals surface area contributed by atoms with E-state index in [1.165, 1.54) is 0 Å². The molecule has 0 saturated carbocycles. The Kier molecular flexibility index (Phi) is 5.37. The van der Waals surface area contributed by atoms with Crippen molar-refractivity contribution in [1.82, 2.24) is 4.90 Å². The lowest BCUT2D eigenvalue weighted by atomic mass is 10.3. The van der Waals surface area contributed by atoms with Gasteiger partial charge in [0, 0.05) is 6.04 Å². The third-order valence-electron chi connectivity index (χ3n) is 1.72. The normalized spacial score (nSPS) is 12.7. The molecule has 0 aliphatic carbocycles. The third kappa shape index (κ3) is 4.13. The number of nitrogens with zero attached hydrogens (tertiary/aromatic N) is 1. The molecule has 0 fully saturated rings. The lowest BCUT2D eigenvalue weighted by molar-refractivity contribution is -0.144. The molecule has 3 nitrogen and oxygen atoms in total. The van der Waals surface area contributed by atoms with Crippen LogP contribution >= 0.6 is 0 Å². The van der Waals surface area contributed by atoms with Gasteiger partial charge in [-0.2, -0.15) is 0 Å². The summed E-state index contributed by atoms with van der Waals surface area (Å²) in [5.74, 6) is -0.186. The van der Waals surface area contributed by atoms with Crippen molar-refractivity contribution in [2.45, 2.75) is 19.9 Å². The molecule has 0 rings (SSSR count). The van der Waals surface area contributed by atoms with E-state index in [2.05, 4.69) is 6.58 Å². The summed E-state index contributed by atoms with van der Waals surface area (Å²) >= 11 is 0. The highest BCUT2D eigenvalue weighted by Crippen LogP contribution is 1.95. The first-order valence-corrected chi connectivity index (χ1v) is 4.10. The van der Waals surface area contributed by atoms with E-state index < -0.39 is 0 Å². The molecule has 12 heavy (non-hydrogen) atoms. The van der Waals surface area contributed by atoms with E-state index in [-0.39, 0.29) is 12.0 Å². The number of hydrogen-bond donors (Lipinski definition) is 0. The second kappa shape index (κ2) is 5.77. The standard InChI is InChI=1S/C9H17NO2/c1-5-8(3)10(4)7-9(11)12-6-2/h5,8H,1,6-7H2,2-4H3. The minimum Gasteiger partial charge on any atom is -0.465 e. The largest absolute Gasteiger partial charge is 0.465 e. The average Bonchev–Trinajstić information content (AvgIpc) is 2.03. The molecule has 0 saturated heterocycles. The van der Waals surface area contributed by atoms with Gasteiger partial charge < -0.3 is 4.74 Å². The van der Waals surface area contributed by atoms with Gasteiger partial charge in [0.1, 0.15) is 0 Å². The quantitative estimate of drug-likeness (QED) is 0.457. The molecule has 1 unspecified atom stereocenters.